The van der Waals surface area contributed by atoms with Crippen molar-refractivity contribution in [3.63, 3.8) is 0 Å². The van der Waals surface area contributed by atoms with Crippen molar-refractivity contribution in [2.45, 2.75) is 25.9 Å². The zero-order chi connectivity index (χ0) is 16.8. The zero-order valence-corrected chi connectivity index (χ0v) is 14.9. The molecule has 128 valence electrons. The van der Waals surface area contributed by atoms with Gasteiger partial charge in [0.15, 0.2) is 0 Å². The lowest BCUT2D eigenvalue weighted by atomic mass is 10.1. The van der Waals surface area contributed by atoms with Crippen LogP contribution in [0.1, 0.15) is 25.5 Å². The summed E-state index contributed by atoms with van der Waals surface area (Å²) in [5.41, 5.74) is 1.20. The summed E-state index contributed by atoms with van der Waals surface area (Å²) in [4.78, 5) is 28.3. The molecule has 0 saturated carbocycles. The molecule has 0 aliphatic carbocycles. The van der Waals surface area contributed by atoms with Crippen LogP contribution in [0.3, 0.4) is 0 Å². The number of carbonyl (C=O) groups excluding carboxylic acids is 2. The lowest BCUT2D eigenvalue weighted by molar-refractivity contribution is -0.139. The van der Waals surface area contributed by atoms with E-state index in [0.29, 0.717) is 6.54 Å². The number of nitrogens with zero attached hydrogens (tertiary/aromatic N) is 2. The molecule has 2 N–H and O–H groups in total. The Labute approximate surface area is 141 Å². The molecule has 1 aliphatic rings. The number of nitrogens with one attached hydrogen (secondary N) is 2. The fourth-order valence-corrected chi connectivity index (χ4v) is 3.36. The number of hydrogen-bond donors (Lipinski definition) is 2. The highest BCUT2D eigenvalue weighted by molar-refractivity contribution is 7.07. The lowest BCUT2D eigenvalue weighted by Gasteiger charge is -2.37. The summed E-state index contributed by atoms with van der Waals surface area (Å²) in [5, 5.41) is 9.56. The van der Waals surface area contributed by atoms with Gasteiger partial charge in [0.25, 0.3) is 0 Å². The van der Waals surface area contributed by atoms with E-state index < -0.39 is 11.8 Å². The SMILES string of the molecule is CC(C)NC(=O)C(=O)NC[C@@H](c1ccsc1)N1CCN(C)CC1. The van der Waals surface area contributed by atoms with E-state index in [0.717, 1.165) is 26.2 Å². The van der Waals surface area contributed by atoms with Gasteiger partial charge in [-0.2, -0.15) is 11.3 Å². The van der Waals surface area contributed by atoms with Crippen molar-refractivity contribution >= 4 is 23.2 Å². The van der Waals surface area contributed by atoms with Gasteiger partial charge in [-0.3, -0.25) is 14.5 Å². The number of carbonyl (C=O) groups is 2. The topological polar surface area (TPSA) is 64.7 Å². The van der Waals surface area contributed by atoms with Gasteiger partial charge in [0.05, 0.1) is 6.04 Å². The van der Waals surface area contributed by atoms with Gasteiger partial charge in [-0.05, 0) is 43.3 Å². The molecule has 7 heteroatoms. The van der Waals surface area contributed by atoms with Crippen molar-refractivity contribution in [3.8, 4) is 0 Å². The Morgan fingerprint density at radius 3 is 2.48 bits per heavy atom. The molecule has 0 radical (unpaired) electrons. The molecule has 2 rings (SSSR count). The first-order valence-corrected chi connectivity index (χ1v) is 8.95. The van der Waals surface area contributed by atoms with Gasteiger partial charge in [0.1, 0.15) is 0 Å². The average molecular weight is 338 g/mol. The first-order valence-electron chi connectivity index (χ1n) is 8.00. The van der Waals surface area contributed by atoms with Crippen molar-refractivity contribution in [1.29, 1.82) is 0 Å². The quantitative estimate of drug-likeness (QED) is 0.775. The summed E-state index contributed by atoms with van der Waals surface area (Å²) in [6.45, 7) is 8.08. The van der Waals surface area contributed by atoms with Gasteiger partial charge in [-0.15, -0.1) is 0 Å². The number of hydrogen-bond acceptors (Lipinski definition) is 5. The summed E-state index contributed by atoms with van der Waals surface area (Å²) in [6, 6.07) is 2.16. The van der Waals surface area contributed by atoms with Crippen LogP contribution in [0.15, 0.2) is 16.8 Å². The number of likely N-dealkylation sites (N-methyl/N-ethyl adjacent to an activating group) is 1. The van der Waals surface area contributed by atoms with E-state index in [1.807, 2.05) is 19.2 Å². The van der Waals surface area contributed by atoms with E-state index in [-0.39, 0.29) is 12.1 Å². The maximum atomic E-state index is 11.9. The number of amides is 2. The van der Waals surface area contributed by atoms with E-state index >= 15 is 0 Å². The van der Waals surface area contributed by atoms with Crippen LogP contribution < -0.4 is 10.6 Å². The van der Waals surface area contributed by atoms with E-state index in [1.165, 1.54) is 5.56 Å². The number of thiophene rings is 1. The minimum Gasteiger partial charge on any atom is -0.346 e. The molecule has 2 amide bonds. The maximum Gasteiger partial charge on any atom is 0.309 e. The Hall–Kier alpha value is -1.44. The van der Waals surface area contributed by atoms with Gasteiger partial charge in [0, 0.05) is 38.8 Å². The molecule has 1 aliphatic heterocycles. The molecule has 1 fully saturated rings. The fraction of sp³-hybridized carbons (Fsp3) is 0.625. The summed E-state index contributed by atoms with van der Waals surface area (Å²) in [7, 11) is 2.12. The molecule has 1 aromatic rings. The summed E-state index contributed by atoms with van der Waals surface area (Å²) < 4.78 is 0. The first kappa shape index (κ1) is 17.9. The smallest absolute Gasteiger partial charge is 0.309 e. The van der Waals surface area contributed by atoms with Crippen LogP contribution in [-0.2, 0) is 9.59 Å². The van der Waals surface area contributed by atoms with Crippen molar-refractivity contribution in [1.82, 2.24) is 20.4 Å². The lowest BCUT2D eigenvalue weighted by Crippen LogP contribution is -2.50. The molecular weight excluding hydrogens is 312 g/mol. The average Bonchev–Trinajstić information content (AvgIpc) is 3.02. The zero-order valence-electron chi connectivity index (χ0n) is 14.0. The Kier molecular flexibility index (Phi) is 6.56. The molecule has 0 bridgehead atoms. The predicted molar refractivity (Wildman–Crippen MR) is 92.4 cm³/mol. The normalized spacial score (nSPS) is 17.9. The second-order valence-corrected chi connectivity index (χ2v) is 7.03. The van der Waals surface area contributed by atoms with E-state index in [4.69, 9.17) is 0 Å². The molecule has 1 atom stereocenters. The Morgan fingerprint density at radius 2 is 1.91 bits per heavy atom. The minimum atomic E-state index is -0.567. The van der Waals surface area contributed by atoms with E-state index in [9.17, 15) is 9.59 Å². The molecule has 1 saturated heterocycles. The van der Waals surface area contributed by atoms with E-state index in [1.54, 1.807) is 11.3 Å². The third kappa shape index (κ3) is 5.30. The van der Waals surface area contributed by atoms with Crippen LogP contribution >= 0.6 is 11.3 Å². The Balaban J connectivity index is 1.96. The summed E-state index contributed by atoms with van der Waals surface area (Å²) in [5.74, 6) is -1.13. The van der Waals surface area contributed by atoms with Gasteiger partial charge < -0.3 is 15.5 Å². The fourth-order valence-electron chi connectivity index (χ4n) is 2.65. The molecule has 6 nitrogen and oxygen atoms in total. The van der Waals surface area contributed by atoms with Crippen LogP contribution in [0.4, 0.5) is 0 Å². The highest BCUT2D eigenvalue weighted by atomic mass is 32.1. The summed E-state index contributed by atoms with van der Waals surface area (Å²) in [6.07, 6.45) is 0. The highest BCUT2D eigenvalue weighted by Gasteiger charge is 2.25. The Bertz CT molecular complexity index is 510. The van der Waals surface area contributed by atoms with Crippen LogP contribution in [0.25, 0.3) is 0 Å². The van der Waals surface area contributed by atoms with Crippen LogP contribution in [-0.4, -0.2) is 67.4 Å². The van der Waals surface area contributed by atoms with Gasteiger partial charge >= 0.3 is 11.8 Å². The molecule has 23 heavy (non-hydrogen) atoms. The molecule has 0 spiro atoms. The minimum absolute atomic E-state index is 0.0430. The second-order valence-electron chi connectivity index (χ2n) is 6.25. The van der Waals surface area contributed by atoms with Crippen molar-refractivity contribution in [3.05, 3.63) is 22.4 Å². The van der Waals surface area contributed by atoms with Crippen LogP contribution in [0.2, 0.25) is 0 Å². The summed E-state index contributed by atoms with van der Waals surface area (Å²) >= 11 is 1.65. The standard InChI is InChI=1S/C16H26N4O2S/c1-12(2)18-16(22)15(21)17-10-14(13-4-9-23-11-13)20-7-5-19(3)6-8-20/h4,9,11-12,14H,5-8,10H2,1-3H3,(H,17,21)(H,18,22)/t14-/m0/s1. The molecule has 2 heterocycles. The Morgan fingerprint density at radius 1 is 1.22 bits per heavy atom. The van der Waals surface area contributed by atoms with Crippen molar-refractivity contribution < 1.29 is 9.59 Å². The van der Waals surface area contributed by atoms with Gasteiger partial charge in [-0.1, -0.05) is 0 Å². The van der Waals surface area contributed by atoms with Crippen LogP contribution in [0, 0.1) is 0 Å². The van der Waals surface area contributed by atoms with Crippen LogP contribution in [0.5, 0.6) is 0 Å². The maximum absolute atomic E-state index is 11.9. The van der Waals surface area contributed by atoms with Gasteiger partial charge in [0.2, 0.25) is 0 Å². The second kappa shape index (κ2) is 8.42. The number of rotatable bonds is 5. The monoisotopic (exact) mass is 338 g/mol. The van der Waals surface area contributed by atoms with Crippen molar-refractivity contribution in [2.24, 2.45) is 0 Å². The molecule has 0 aromatic carbocycles. The number of piperazine rings is 1. The van der Waals surface area contributed by atoms with E-state index in [2.05, 4.69) is 38.9 Å². The predicted octanol–water partition coefficient (Wildman–Crippen LogP) is 0.677. The first-order chi connectivity index (χ1) is 11.0. The largest absolute Gasteiger partial charge is 0.346 e. The molecule has 0 unspecified atom stereocenters. The van der Waals surface area contributed by atoms with Gasteiger partial charge in [-0.25, -0.2) is 0 Å². The third-order valence-corrected chi connectivity index (χ3v) is 4.69. The van der Waals surface area contributed by atoms with Crippen molar-refractivity contribution in [2.75, 3.05) is 39.8 Å². The third-order valence-electron chi connectivity index (χ3n) is 3.99. The molecular formula is C16H26N4O2S. The molecule has 1 aromatic heterocycles. The highest BCUT2D eigenvalue weighted by Crippen LogP contribution is 2.23.